The molecule has 38 heavy (non-hydrogen) atoms. The van der Waals surface area contributed by atoms with Gasteiger partial charge in [-0.1, -0.05) is 48.5 Å². The third-order valence-electron chi connectivity index (χ3n) is 6.50. The van der Waals surface area contributed by atoms with Crippen molar-refractivity contribution in [2.45, 2.75) is 20.5 Å². The summed E-state index contributed by atoms with van der Waals surface area (Å²) in [6.07, 6.45) is 0. The minimum Gasteiger partial charge on any atom is -0.496 e. The van der Waals surface area contributed by atoms with Gasteiger partial charge >= 0.3 is 0 Å². The Bertz CT molecular complexity index is 1580. The highest BCUT2D eigenvalue weighted by molar-refractivity contribution is 5.81. The molecule has 8 heteroatoms. The first kappa shape index (κ1) is 25.2. The van der Waals surface area contributed by atoms with Crippen LogP contribution in [0.15, 0.2) is 83.7 Å². The third-order valence-corrected chi connectivity index (χ3v) is 6.50. The molecule has 0 amide bonds. The molecule has 5 aromatic rings. The van der Waals surface area contributed by atoms with Crippen LogP contribution in [-0.4, -0.2) is 46.6 Å². The molecule has 2 heterocycles. The summed E-state index contributed by atoms with van der Waals surface area (Å²) in [4.78, 5) is 23.2. The number of H-pyrrole nitrogens is 1. The van der Waals surface area contributed by atoms with Crippen molar-refractivity contribution in [3.8, 4) is 22.8 Å². The zero-order chi connectivity index (χ0) is 26.5. The van der Waals surface area contributed by atoms with Gasteiger partial charge in [0, 0.05) is 24.8 Å². The number of anilines is 1. The lowest BCUT2D eigenvalue weighted by Crippen LogP contribution is -2.27. The van der Waals surface area contributed by atoms with Gasteiger partial charge in [0.2, 0.25) is 0 Å². The van der Waals surface area contributed by atoms with E-state index in [1.165, 1.54) is 0 Å². The van der Waals surface area contributed by atoms with E-state index in [1.807, 2.05) is 73.7 Å². The number of hydrogen-bond donors (Lipinski definition) is 1. The molecule has 194 valence electrons. The predicted octanol–water partition coefficient (Wildman–Crippen LogP) is 5.14. The second-order valence-corrected chi connectivity index (χ2v) is 8.95. The third kappa shape index (κ3) is 5.17. The Labute approximate surface area is 221 Å². The molecule has 0 unspecified atom stereocenters. The van der Waals surface area contributed by atoms with Crippen molar-refractivity contribution in [1.29, 1.82) is 0 Å². The van der Waals surface area contributed by atoms with Crippen LogP contribution in [0.3, 0.4) is 0 Å². The summed E-state index contributed by atoms with van der Waals surface area (Å²) < 4.78 is 13.3. The summed E-state index contributed by atoms with van der Waals surface area (Å²) in [6.45, 7) is 6.71. The van der Waals surface area contributed by atoms with Crippen molar-refractivity contribution < 1.29 is 9.47 Å². The van der Waals surface area contributed by atoms with Gasteiger partial charge in [0.1, 0.15) is 17.1 Å². The molecule has 0 aliphatic carbocycles. The van der Waals surface area contributed by atoms with Crippen molar-refractivity contribution >= 4 is 16.7 Å². The van der Waals surface area contributed by atoms with Crippen molar-refractivity contribution in [3.63, 3.8) is 0 Å². The first-order valence-electron chi connectivity index (χ1n) is 12.7. The highest BCUT2D eigenvalue weighted by Gasteiger charge is 2.18. The number of rotatable bonds is 10. The van der Waals surface area contributed by atoms with Crippen LogP contribution in [-0.2, 0) is 11.3 Å². The molecule has 0 bridgehead atoms. The number of likely N-dealkylation sites (N-methyl/N-ethyl adjacent to an activating group) is 1. The first-order chi connectivity index (χ1) is 18.6. The zero-order valence-corrected chi connectivity index (χ0v) is 21.8. The standard InChI is InChI=1S/C30H31N5O3/c1-4-34(17-18-38-20-22-11-7-5-8-12-22)24-15-16-25(26(19-24)37-3)29-31-27-21(2)33-35(28(27)30(36)32-29)23-13-9-6-10-14-23/h5-16,19H,4,17-18,20H2,1-3H3,(H,31,32,36). The van der Waals surface area contributed by atoms with E-state index in [9.17, 15) is 4.79 Å². The van der Waals surface area contributed by atoms with Crippen molar-refractivity contribution in [2.75, 3.05) is 31.7 Å². The Kier molecular flexibility index (Phi) is 7.51. The van der Waals surface area contributed by atoms with E-state index < -0.39 is 0 Å². The van der Waals surface area contributed by atoms with Crippen LogP contribution in [0, 0.1) is 6.92 Å². The molecule has 0 spiro atoms. The molecule has 0 aliphatic rings. The van der Waals surface area contributed by atoms with Crippen LogP contribution >= 0.6 is 0 Å². The predicted molar refractivity (Wildman–Crippen MR) is 150 cm³/mol. The second-order valence-electron chi connectivity index (χ2n) is 8.95. The maximum absolute atomic E-state index is 13.2. The van der Waals surface area contributed by atoms with Gasteiger partial charge in [0.05, 0.1) is 37.3 Å². The molecule has 8 nitrogen and oxygen atoms in total. The molecule has 3 aromatic carbocycles. The minimum atomic E-state index is -0.258. The quantitative estimate of drug-likeness (QED) is 0.263. The van der Waals surface area contributed by atoms with E-state index in [0.717, 1.165) is 30.0 Å². The van der Waals surface area contributed by atoms with E-state index in [0.29, 0.717) is 47.1 Å². The Morgan fingerprint density at radius 3 is 2.45 bits per heavy atom. The van der Waals surface area contributed by atoms with E-state index in [1.54, 1.807) is 11.8 Å². The number of nitrogens with zero attached hydrogens (tertiary/aromatic N) is 4. The Morgan fingerprint density at radius 1 is 1.00 bits per heavy atom. The number of methoxy groups -OCH3 is 1. The number of hydrogen-bond acceptors (Lipinski definition) is 6. The summed E-state index contributed by atoms with van der Waals surface area (Å²) in [7, 11) is 1.62. The van der Waals surface area contributed by atoms with Gasteiger partial charge in [0.15, 0.2) is 5.52 Å². The number of aryl methyl sites for hydroxylation is 1. The van der Waals surface area contributed by atoms with E-state index in [-0.39, 0.29) is 5.56 Å². The van der Waals surface area contributed by atoms with Gasteiger partial charge < -0.3 is 19.4 Å². The topological polar surface area (TPSA) is 85.3 Å². The lowest BCUT2D eigenvalue weighted by Gasteiger charge is -2.24. The fourth-order valence-corrected chi connectivity index (χ4v) is 4.53. The fourth-order valence-electron chi connectivity index (χ4n) is 4.53. The first-order valence-corrected chi connectivity index (χ1v) is 12.7. The highest BCUT2D eigenvalue weighted by Crippen LogP contribution is 2.32. The van der Waals surface area contributed by atoms with Crippen LogP contribution in [0.1, 0.15) is 18.2 Å². The van der Waals surface area contributed by atoms with E-state index in [2.05, 4.69) is 34.0 Å². The molecule has 0 saturated heterocycles. The molecule has 0 fully saturated rings. The molecule has 2 aromatic heterocycles. The van der Waals surface area contributed by atoms with Gasteiger partial charge in [0.25, 0.3) is 5.56 Å². The van der Waals surface area contributed by atoms with E-state index in [4.69, 9.17) is 14.5 Å². The summed E-state index contributed by atoms with van der Waals surface area (Å²) in [5, 5.41) is 4.59. The maximum Gasteiger partial charge on any atom is 0.277 e. The molecule has 0 radical (unpaired) electrons. The van der Waals surface area contributed by atoms with Crippen LogP contribution in [0.2, 0.25) is 0 Å². The van der Waals surface area contributed by atoms with Crippen LogP contribution < -0.4 is 15.2 Å². The average Bonchev–Trinajstić information content (AvgIpc) is 3.30. The van der Waals surface area contributed by atoms with Gasteiger partial charge in [-0.2, -0.15) is 5.10 Å². The lowest BCUT2D eigenvalue weighted by molar-refractivity contribution is 0.127. The SMILES string of the molecule is CCN(CCOCc1ccccc1)c1ccc(-c2nc3c(C)nn(-c4ccccc4)c3c(=O)[nH]2)c(OC)c1. The normalized spacial score (nSPS) is 11.1. The molecule has 0 saturated carbocycles. The lowest BCUT2D eigenvalue weighted by atomic mass is 10.1. The number of fused-ring (bicyclic) bond motifs is 1. The van der Waals surface area contributed by atoms with Crippen LogP contribution in [0.4, 0.5) is 5.69 Å². The molecule has 1 N–H and O–H groups in total. The molecule has 0 aliphatic heterocycles. The largest absolute Gasteiger partial charge is 0.496 e. The Balaban J connectivity index is 1.40. The monoisotopic (exact) mass is 509 g/mol. The van der Waals surface area contributed by atoms with Gasteiger partial charge in [-0.25, -0.2) is 9.67 Å². The van der Waals surface area contributed by atoms with E-state index >= 15 is 0 Å². The number of aromatic amines is 1. The van der Waals surface area contributed by atoms with Crippen LogP contribution in [0.5, 0.6) is 5.75 Å². The van der Waals surface area contributed by atoms with Crippen molar-refractivity contribution in [2.24, 2.45) is 0 Å². The maximum atomic E-state index is 13.2. The number of para-hydroxylation sites is 1. The zero-order valence-electron chi connectivity index (χ0n) is 21.8. The average molecular weight is 510 g/mol. The van der Waals surface area contributed by atoms with Crippen molar-refractivity contribution in [1.82, 2.24) is 19.7 Å². The van der Waals surface area contributed by atoms with Crippen LogP contribution in [0.25, 0.3) is 28.1 Å². The fraction of sp³-hybridized carbons (Fsp3) is 0.233. The molecule has 0 atom stereocenters. The van der Waals surface area contributed by atoms with Gasteiger partial charge in [-0.3, -0.25) is 4.79 Å². The highest BCUT2D eigenvalue weighted by atomic mass is 16.5. The van der Waals surface area contributed by atoms with Gasteiger partial charge in [-0.05, 0) is 43.7 Å². The smallest absolute Gasteiger partial charge is 0.277 e. The number of nitrogens with one attached hydrogen (secondary N) is 1. The molecule has 5 rings (SSSR count). The number of ether oxygens (including phenoxy) is 2. The summed E-state index contributed by atoms with van der Waals surface area (Å²) >= 11 is 0. The Hall–Kier alpha value is -4.43. The Morgan fingerprint density at radius 2 is 1.74 bits per heavy atom. The summed E-state index contributed by atoms with van der Waals surface area (Å²) in [5.41, 5.74) is 5.08. The van der Waals surface area contributed by atoms with Gasteiger partial charge in [-0.15, -0.1) is 0 Å². The minimum absolute atomic E-state index is 0.258. The summed E-state index contributed by atoms with van der Waals surface area (Å²) in [5.74, 6) is 1.07. The number of benzene rings is 3. The molecular weight excluding hydrogens is 478 g/mol. The summed E-state index contributed by atoms with van der Waals surface area (Å²) in [6, 6.07) is 25.6. The molecular formula is C30H31N5O3. The number of aromatic nitrogens is 4. The second kappa shape index (κ2) is 11.3. The van der Waals surface area contributed by atoms with Crippen molar-refractivity contribution in [3.05, 3.63) is 100 Å².